The molecule has 1 saturated heterocycles. The van der Waals surface area contributed by atoms with Crippen LogP contribution in [0.1, 0.15) is 37.1 Å². The Balaban J connectivity index is 1.15. The molecule has 0 radical (unpaired) electrons. The summed E-state index contributed by atoms with van der Waals surface area (Å²) >= 11 is 0. The maximum Gasteiger partial charge on any atom is 0.300 e. The number of benzene rings is 2. The molecule has 35 heavy (non-hydrogen) atoms. The van der Waals surface area contributed by atoms with Crippen molar-refractivity contribution in [3.8, 4) is 5.69 Å². The number of amides is 1. The fraction of sp³-hybridized carbons (Fsp3) is 0.333. The molecule has 8 heteroatoms. The van der Waals surface area contributed by atoms with Crippen molar-refractivity contribution >= 4 is 11.6 Å². The molecule has 0 spiro atoms. The van der Waals surface area contributed by atoms with Crippen molar-refractivity contribution in [1.29, 1.82) is 0 Å². The fourth-order valence-corrected chi connectivity index (χ4v) is 4.82. The van der Waals surface area contributed by atoms with Gasteiger partial charge in [0.25, 0.3) is 0 Å². The lowest BCUT2D eigenvalue weighted by molar-refractivity contribution is -0.132. The lowest BCUT2D eigenvalue weighted by Crippen LogP contribution is -2.38. The van der Waals surface area contributed by atoms with E-state index < -0.39 is 5.82 Å². The minimum absolute atomic E-state index is 0.172. The molecule has 7 nitrogen and oxygen atoms in total. The van der Waals surface area contributed by atoms with E-state index >= 15 is 0 Å². The summed E-state index contributed by atoms with van der Waals surface area (Å²) in [6, 6.07) is 16.4. The van der Waals surface area contributed by atoms with Crippen molar-refractivity contribution in [3.05, 3.63) is 94.5 Å². The van der Waals surface area contributed by atoms with E-state index in [9.17, 15) is 14.0 Å². The number of carbonyl (C=O) groups is 1. The second kappa shape index (κ2) is 10.2. The summed E-state index contributed by atoms with van der Waals surface area (Å²) in [6.45, 7) is 1.62. The van der Waals surface area contributed by atoms with E-state index in [4.69, 9.17) is 0 Å². The van der Waals surface area contributed by atoms with E-state index in [0.717, 1.165) is 32.4 Å². The summed E-state index contributed by atoms with van der Waals surface area (Å²) in [7, 11) is 0. The highest BCUT2D eigenvalue weighted by atomic mass is 19.1. The monoisotopic (exact) mass is 473 g/mol. The number of aromatic nitrogens is 4. The Morgan fingerprint density at radius 3 is 2.57 bits per heavy atom. The first kappa shape index (κ1) is 23.0. The van der Waals surface area contributed by atoms with Crippen molar-refractivity contribution < 1.29 is 9.18 Å². The Hall–Kier alpha value is -3.81. The van der Waals surface area contributed by atoms with Gasteiger partial charge >= 0.3 is 5.56 Å². The van der Waals surface area contributed by atoms with Crippen LogP contribution in [-0.4, -0.2) is 43.1 Å². The quantitative estimate of drug-likeness (QED) is 0.409. The van der Waals surface area contributed by atoms with Crippen LogP contribution in [0.25, 0.3) is 11.3 Å². The maximum absolute atomic E-state index is 13.6. The number of halogens is 1. The molecule has 180 valence electrons. The third-order valence-electron chi connectivity index (χ3n) is 6.75. The zero-order chi connectivity index (χ0) is 24.2. The Morgan fingerprint density at radius 2 is 1.80 bits per heavy atom. The Bertz CT molecular complexity index is 1370. The second-order valence-corrected chi connectivity index (χ2v) is 9.13. The number of hydrogen-bond donors (Lipinski definition) is 0. The number of likely N-dealkylation sites (tertiary alicyclic amines) is 1. The number of carbonyl (C=O) groups excluding carboxylic acids is 1. The zero-order valence-corrected chi connectivity index (χ0v) is 19.5. The third kappa shape index (κ3) is 5.16. The van der Waals surface area contributed by atoms with E-state index in [0.29, 0.717) is 36.7 Å². The molecule has 0 unspecified atom stereocenters. The van der Waals surface area contributed by atoms with Crippen LogP contribution in [0.3, 0.4) is 0 Å². The molecule has 3 heterocycles. The Morgan fingerprint density at radius 1 is 1.00 bits per heavy atom. The van der Waals surface area contributed by atoms with E-state index in [1.807, 2.05) is 11.0 Å². The molecule has 0 saturated carbocycles. The zero-order valence-electron chi connectivity index (χ0n) is 19.5. The van der Waals surface area contributed by atoms with E-state index in [1.54, 1.807) is 28.9 Å². The van der Waals surface area contributed by atoms with Gasteiger partial charge in [0.05, 0.1) is 5.69 Å². The minimum atomic E-state index is -0.415. The molecule has 2 aromatic heterocycles. The molecule has 2 aromatic carbocycles. The SMILES string of the molecule is O=C(CCCc1nnc2c(=O)n(-c3cccc(F)c3)ccn12)N1CCC(Cc2ccccc2)CC1. The van der Waals surface area contributed by atoms with Gasteiger partial charge in [-0.05, 0) is 55.4 Å². The molecular formula is C27H28FN5O2. The Kier molecular flexibility index (Phi) is 6.70. The van der Waals surface area contributed by atoms with Crippen molar-refractivity contribution in [2.75, 3.05) is 13.1 Å². The topological polar surface area (TPSA) is 72.5 Å². The van der Waals surface area contributed by atoms with E-state index in [1.165, 1.54) is 22.3 Å². The summed E-state index contributed by atoms with van der Waals surface area (Å²) in [5, 5.41) is 8.22. The predicted molar refractivity (Wildman–Crippen MR) is 131 cm³/mol. The standard InChI is InChI=1S/C27H28FN5O2/c28-22-8-4-9-23(19-22)32-16-17-33-24(29-30-26(33)27(32)35)10-5-11-25(34)31-14-12-21(13-15-31)18-20-6-2-1-3-7-20/h1-4,6-9,16-17,19,21H,5,10-15,18H2. The normalized spacial score (nSPS) is 14.5. The highest BCUT2D eigenvalue weighted by Crippen LogP contribution is 2.22. The van der Waals surface area contributed by atoms with Crippen LogP contribution in [0.4, 0.5) is 4.39 Å². The van der Waals surface area contributed by atoms with Gasteiger partial charge in [-0.1, -0.05) is 36.4 Å². The van der Waals surface area contributed by atoms with Crippen LogP contribution >= 0.6 is 0 Å². The molecule has 1 amide bonds. The van der Waals surface area contributed by atoms with Gasteiger partial charge in [0, 0.05) is 38.3 Å². The van der Waals surface area contributed by atoms with E-state index in [2.05, 4.69) is 34.5 Å². The lowest BCUT2D eigenvalue weighted by atomic mass is 9.90. The predicted octanol–water partition coefficient (Wildman–Crippen LogP) is 3.82. The van der Waals surface area contributed by atoms with Gasteiger partial charge in [-0.3, -0.25) is 18.6 Å². The fourth-order valence-electron chi connectivity index (χ4n) is 4.82. The molecule has 1 aliphatic rings. The van der Waals surface area contributed by atoms with Gasteiger partial charge in [0.15, 0.2) is 0 Å². The summed E-state index contributed by atoms with van der Waals surface area (Å²) in [6.07, 6.45) is 8.05. The highest BCUT2D eigenvalue weighted by molar-refractivity contribution is 5.76. The molecule has 0 aliphatic carbocycles. The average Bonchev–Trinajstić information content (AvgIpc) is 3.29. The summed E-state index contributed by atoms with van der Waals surface area (Å²) in [5.41, 5.74) is 1.60. The first-order valence-corrected chi connectivity index (χ1v) is 12.1. The Labute approximate surface area is 202 Å². The van der Waals surface area contributed by atoms with Crippen molar-refractivity contribution in [3.63, 3.8) is 0 Å². The van der Waals surface area contributed by atoms with Crippen LogP contribution in [0.15, 0.2) is 71.8 Å². The highest BCUT2D eigenvalue weighted by Gasteiger charge is 2.23. The first-order chi connectivity index (χ1) is 17.1. The number of rotatable bonds is 7. The summed E-state index contributed by atoms with van der Waals surface area (Å²) < 4.78 is 16.6. The molecule has 0 atom stereocenters. The van der Waals surface area contributed by atoms with Gasteiger partial charge in [0.1, 0.15) is 11.6 Å². The van der Waals surface area contributed by atoms with Gasteiger partial charge in [0.2, 0.25) is 11.6 Å². The van der Waals surface area contributed by atoms with Crippen LogP contribution in [0.5, 0.6) is 0 Å². The van der Waals surface area contributed by atoms with Crippen LogP contribution < -0.4 is 5.56 Å². The van der Waals surface area contributed by atoms with Crippen LogP contribution in [0, 0.1) is 11.7 Å². The van der Waals surface area contributed by atoms with Gasteiger partial charge in [-0.25, -0.2) is 4.39 Å². The van der Waals surface area contributed by atoms with Gasteiger partial charge in [-0.15, -0.1) is 10.2 Å². The number of hydrogen-bond acceptors (Lipinski definition) is 4. The molecule has 4 aromatic rings. The average molecular weight is 474 g/mol. The number of aryl methyl sites for hydroxylation is 1. The van der Waals surface area contributed by atoms with Crippen LogP contribution in [-0.2, 0) is 17.6 Å². The number of nitrogens with zero attached hydrogens (tertiary/aromatic N) is 5. The molecule has 1 aliphatic heterocycles. The smallest absolute Gasteiger partial charge is 0.300 e. The maximum atomic E-state index is 13.6. The van der Waals surface area contributed by atoms with Gasteiger partial charge in [-0.2, -0.15) is 0 Å². The number of piperidine rings is 1. The summed E-state index contributed by atoms with van der Waals surface area (Å²) in [4.78, 5) is 27.6. The lowest BCUT2D eigenvalue weighted by Gasteiger charge is -2.32. The molecular weight excluding hydrogens is 445 g/mol. The molecule has 0 bridgehead atoms. The molecule has 5 rings (SSSR count). The molecule has 1 fully saturated rings. The van der Waals surface area contributed by atoms with E-state index in [-0.39, 0.29) is 17.1 Å². The van der Waals surface area contributed by atoms with Crippen molar-refractivity contribution in [2.24, 2.45) is 5.92 Å². The van der Waals surface area contributed by atoms with Crippen molar-refractivity contribution in [2.45, 2.75) is 38.5 Å². The second-order valence-electron chi connectivity index (χ2n) is 9.13. The van der Waals surface area contributed by atoms with Crippen molar-refractivity contribution in [1.82, 2.24) is 24.1 Å². The summed E-state index contributed by atoms with van der Waals surface area (Å²) in [5.74, 6) is 1.02. The number of fused-ring (bicyclic) bond motifs is 1. The third-order valence-corrected chi connectivity index (χ3v) is 6.75. The van der Waals surface area contributed by atoms with Crippen LogP contribution in [0.2, 0.25) is 0 Å². The molecule has 0 N–H and O–H groups in total. The largest absolute Gasteiger partial charge is 0.343 e. The van der Waals surface area contributed by atoms with Gasteiger partial charge < -0.3 is 4.90 Å². The first-order valence-electron chi connectivity index (χ1n) is 12.1. The minimum Gasteiger partial charge on any atom is -0.343 e.